The van der Waals surface area contributed by atoms with Crippen molar-refractivity contribution in [1.82, 2.24) is 10.2 Å². The molecule has 0 bridgehead atoms. The smallest absolute Gasteiger partial charge is 0.241 e. The molecule has 0 radical (unpaired) electrons. The van der Waals surface area contributed by atoms with E-state index in [0.29, 0.717) is 6.42 Å². The van der Waals surface area contributed by atoms with Gasteiger partial charge in [0.15, 0.2) is 0 Å². The fraction of sp³-hybridized carbons (Fsp3) is 0.625. The van der Waals surface area contributed by atoms with Gasteiger partial charge in [0, 0.05) is 6.54 Å². The zero-order valence-corrected chi connectivity index (χ0v) is 20.1. The number of hydrogen-bond acceptors (Lipinski definition) is 3. The SMILES string of the molecule is C=CC[Si](C)(C)CCCOc1ccc(C[C@H]2NC(C)(C)N(CCCC)C2=O)cc1. The lowest BCUT2D eigenvalue weighted by molar-refractivity contribution is -0.131. The van der Waals surface area contributed by atoms with Gasteiger partial charge in [0.1, 0.15) is 5.75 Å². The van der Waals surface area contributed by atoms with Gasteiger partial charge in [0.05, 0.1) is 26.4 Å². The molecule has 1 fully saturated rings. The van der Waals surface area contributed by atoms with Crippen LogP contribution in [0.5, 0.6) is 5.75 Å². The van der Waals surface area contributed by atoms with Crippen molar-refractivity contribution in [3.05, 3.63) is 42.5 Å². The second-order valence-electron chi connectivity index (χ2n) is 9.56. The molecule has 5 heteroatoms. The maximum atomic E-state index is 12.8. The van der Waals surface area contributed by atoms with Crippen LogP contribution in [0.3, 0.4) is 0 Å². The molecule has 4 nitrogen and oxygen atoms in total. The first kappa shape index (κ1) is 23.7. The van der Waals surface area contributed by atoms with E-state index >= 15 is 0 Å². The van der Waals surface area contributed by atoms with Crippen molar-refractivity contribution >= 4 is 14.0 Å². The Labute approximate surface area is 178 Å². The molecule has 1 aromatic rings. The molecule has 1 aliphatic heterocycles. The Morgan fingerprint density at radius 1 is 1.24 bits per heavy atom. The van der Waals surface area contributed by atoms with Crippen molar-refractivity contribution in [3.63, 3.8) is 0 Å². The number of amides is 1. The first-order chi connectivity index (χ1) is 13.7. The Bertz CT molecular complexity index is 670. The van der Waals surface area contributed by atoms with Crippen LogP contribution in [0.15, 0.2) is 36.9 Å². The maximum Gasteiger partial charge on any atom is 0.241 e. The highest BCUT2D eigenvalue weighted by Gasteiger charge is 2.43. The molecule has 1 N–H and O–H groups in total. The van der Waals surface area contributed by atoms with Gasteiger partial charge in [0.25, 0.3) is 0 Å². The van der Waals surface area contributed by atoms with Crippen LogP contribution in [0.1, 0.15) is 45.6 Å². The standard InChI is InChI=1S/C24H40N2O2Si/c1-7-9-15-26-23(27)22(25-24(26,3)4)19-20-11-13-21(14-12-20)28-16-10-18-29(5,6)17-8-2/h8,11-14,22,25H,2,7,9-10,15-19H2,1,3-6H3/t22-/m1/s1. The van der Waals surface area contributed by atoms with Crippen LogP contribution in [0.4, 0.5) is 0 Å². The zero-order chi connectivity index (χ0) is 21.5. The molecule has 1 aromatic carbocycles. The molecule has 0 spiro atoms. The minimum Gasteiger partial charge on any atom is -0.494 e. The van der Waals surface area contributed by atoms with Gasteiger partial charge in [-0.2, -0.15) is 0 Å². The number of nitrogens with zero attached hydrogens (tertiary/aromatic N) is 1. The van der Waals surface area contributed by atoms with Crippen molar-refractivity contribution in [2.24, 2.45) is 0 Å². The number of carbonyl (C=O) groups is 1. The maximum absolute atomic E-state index is 12.8. The van der Waals surface area contributed by atoms with E-state index in [9.17, 15) is 4.79 Å². The van der Waals surface area contributed by atoms with Crippen LogP contribution in [-0.2, 0) is 11.2 Å². The molecule has 2 rings (SSSR count). The lowest BCUT2D eigenvalue weighted by atomic mass is 10.1. The number of carbonyl (C=O) groups excluding carboxylic acids is 1. The first-order valence-corrected chi connectivity index (χ1v) is 14.5. The van der Waals surface area contributed by atoms with Crippen LogP contribution < -0.4 is 10.1 Å². The molecule has 29 heavy (non-hydrogen) atoms. The summed E-state index contributed by atoms with van der Waals surface area (Å²) < 4.78 is 5.93. The Morgan fingerprint density at radius 2 is 1.93 bits per heavy atom. The third-order valence-corrected chi connectivity index (χ3v) is 8.93. The van der Waals surface area contributed by atoms with E-state index in [1.54, 1.807) is 0 Å². The summed E-state index contributed by atoms with van der Waals surface area (Å²) in [6.07, 6.45) is 6.01. The van der Waals surface area contributed by atoms with Crippen LogP contribution in [-0.4, -0.2) is 43.7 Å². The highest BCUT2D eigenvalue weighted by molar-refractivity contribution is 6.77. The van der Waals surface area contributed by atoms with Gasteiger partial charge >= 0.3 is 0 Å². The molecule has 1 saturated heterocycles. The molecule has 0 saturated carbocycles. The van der Waals surface area contributed by atoms with E-state index in [-0.39, 0.29) is 17.6 Å². The number of rotatable bonds is 12. The molecular formula is C24H40N2O2Si. The quantitative estimate of drug-likeness (QED) is 0.288. The molecular weight excluding hydrogens is 376 g/mol. The van der Waals surface area contributed by atoms with Crippen molar-refractivity contribution in [1.29, 1.82) is 0 Å². The number of unbranched alkanes of at least 4 members (excludes halogenated alkanes) is 1. The Kier molecular flexibility index (Phi) is 8.53. The topological polar surface area (TPSA) is 41.6 Å². The average Bonchev–Trinajstić information content (AvgIpc) is 2.86. The largest absolute Gasteiger partial charge is 0.494 e. The van der Waals surface area contributed by atoms with Crippen LogP contribution in [0.2, 0.25) is 25.2 Å². The molecule has 0 aromatic heterocycles. The van der Waals surface area contributed by atoms with Gasteiger partial charge < -0.3 is 9.64 Å². The van der Waals surface area contributed by atoms with E-state index in [1.807, 2.05) is 17.0 Å². The van der Waals surface area contributed by atoms with Crippen LogP contribution >= 0.6 is 0 Å². The summed E-state index contributed by atoms with van der Waals surface area (Å²) in [6, 6.07) is 10.5. The number of benzene rings is 1. The highest BCUT2D eigenvalue weighted by Crippen LogP contribution is 2.24. The van der Waals surface area contributed by atoms with Crippen molar-refractivity contribution in [2.75, 3.05) is 13.2 Å². The first-order valence-electron chi connectivity index (χ1n) is 11.1. The number of hydrogen-bond donors (Lipinski definition) is 1. The summed E-state index contributed by atoms with van der Waals surface area (Å²) in [7, 11) is -1.15. The second kappa shape index (κ2) is 10.4. The van der Waals surface area contributed by atoms with Gasteiger partial charge in [-0.25, -0.2) is 0 Å². The summed E-state index contributed by atoms with van der Waals surface area (Å²) in [6.45, 7) is 16.6. The molecule has 1 amide bonds. The van der Waals surface area contributed by atoms with Crippen LogP contribution in [0.25, 0.3) is 0 Å². The summed E-state index contributed by atoms with van der Waals surface area (Å²) in [4.78, 5) is 14.8. The summed E-state index contributed by atoms with van der Waals surface area (Å²) >= 11 is 0. The average molecular weight is 417 g/mol. The normalized spacial score (nSPS) is 18.9. The highest BCUT2D eigenvalue weighted by atomic mass is 28.3. The predicted molar refractivity (Wildman–Crippen MR) is 125 cm³/mol. The summed E-state index contributed by atoms with van der Waals surface area (Å²) in [5.41, 5.74) is 0.888. The molecule has 1 aliphatic rings. The van der Waals surface area contributed by atoms with Crippen molar-refractivity contribution in [2.45, 2.75) is 83.3 Å². The number of allylic oxidation sites excluding steroid dienone is 1. The fourth-order valence-electron chi connectivity index (χ4n) is 4.06. The lowest BCUT2D eigenvalue weighted by Gasteiger charge is -2.31. The second-order valence-corrected chi connectivity index (χ2v) is 14.8. The Morgan fingerprint density at radius 3 is 2.55 bits per heavy atom. The third kappa shape index (κ3) is 7.00. The van der Waals surface area contributed by atoms with E-state index in [1.165, 1.54) is 12.1 Å². The van der Waals surface area contributed by atoms with E-state index in [2.05, 4.69) is 64.0 Å². The molecule has 1 heterocycles. The minimum atomic E-state index is -1.15. The van der Waals surface area contributed by atoms with Crippen molar-refractivity contribution in [3.8, 4) is 5.75 Å². The van der Waals surface area contributed by atoms with Crippen molar-refractivity contribution < 1.29 is 9.53 Å². The summed E-state index contributed by atoms with van der Waals surface area (Å²) in [5.74, 6) is 1.13. The van der Waals surface area contributed by atoms with E-state index in [4.69, 9.17) is 4.74 Å². The third-order valence-electron chi connectivity index (χ3n) is 5.83. The monoisotopic (exact) mass is 416 g/mol. The van der Waals surface area contributed by atoms with Gasteiger partial charge in [-0.3, -0.25) is 10.1 Å². The van der Waals surface area contributed by atoms with Gasteiger partial charge in [0.2, 0.25) is 5.91 Å². The molecule has 0 unspecified atom stereocenters. The zero-order valence-electron chi connectivity index (χ0n) is 19.1. The lowest BCUT2D eigenvalue weighted by Crippen LogP contribution is -2.47. The number of ether oxygens (including phenoxy) is 1. The fourth-order valence-corrected chi connectivity index (χ4v) is 6.15. The molecule has 1 atom stereocenters. The predicted octanol–water partition coefficient (Wildman–Crippen LogP) is 5.23. The molecule has 162 valence electrons. The number of nitrogens with one attached hydrogen (secondary N) is 1. The van der Waals surface area contributed by atoms with Gasteiger partial charge in [-0.05, 0) is 56.9 Å². The van der Waals surface area contributed by atoms with Gasteiger partial charge in [-0.15, -0.1) is 6.58 Å². The Hall–Kier alpha value is -1.59. The minimum absolute atomic E-state index is 0.148. The van der Waals surface area contributed by atoms with Crippen LogP contribution in [0, 0.1) is 0 Å². The van der Waals surface area contributed by atoms with Gasteiger partial charge in [-0.1, -0.05) is 50.7 Å². The van der Waals surface area contributed by atoms with E-state index in [0.717, 1.165) is 43.7 Å². The van der Waals surface area contributed by atoms with E-state index < -0.39 is 8.07 Å². The Balaban J connectivity index is 1.83. The summed E-state index contributed by atoms with van der Waals surface area (Å²) in [5, 5.41) is 3.51. The molecule has 0 aliphatic carbocycles.